The van der Waals surface area contributed by atoms with Gasteiger partial charge in [0.25, 0.3) is 0 Å². The first kappa shape index (κ1) is 24.7. The molecule has 2 aliphatic heterocycles. The molecule has 15 heteroatoms. The van der Waals surface area contributed by atoms with Gasteiger partial charge in [-0.1, -0.05) is 0 Å². The number of ether oxygens (including phenoxy) is 3. The van der Waals surface area contributed by atoms with Crippen LogP contribution in [0.15, 0.2) is 6.33 Å². The summed E-state index contributed by atoms with van der Waals surface area (Å²) in [5.74, 6) is -0.370. The van der Waals surface area contributed by atoms with Crippen LogP contribution in [0.1, 0.15) is 40.3 Å². The van der Waals surface area contributed by atoms with Gasteiger partial charge < -0.3 is 19.9 Å². The normalized spacial score (nSPS) is 31.1. The second kappa shape index (κ2) is 9.34. The van der Waals surface area contributed by atoms with Crippen LogP contribution < -0.4 is 15.6 Å². The van der Waals surface area contributed by atoms with Crippen LogP contribution in [0.5, 0.6) is 5.88 Å². The minimum absolute atomic E-state index is 0.0317. The van der Waals surface area contributed by atoms with Gasteiger partial charge in [-0.15, -0.1) is 0 Å². The van der Waals surface area contributed by atoms with E-state index in [1.807, 2.05) is 0 Å². The van der Waals surface area contributed by atoms with Crippen LogP contribution in [0.25, 0.3) is 11.2 Å². The Morgan fingerprint density at radius 3 is 2.94 bits per heavy atom. The van der Waals surface area contributed by atoms with E-state index >= 15 is 4.39 Å². The first-order chi connectivity index (χ1) is 16.0. The second-order valence-electron chi connectivity index (χ2n) is 8.34. The van der Waals surface area contributed by atoms with Crippen LogP contribution >= 0.6 is 7.75 Å². The predicted octanol–water partition coefficient (Wildman–Crippen LogP) is 1.89. The standard InChI is InChI=1S/C19H28FN6O7P/c1-5-29-16-13-15(24-18(21)25-16)26(9-22-13)17-19(4,20)14-11(32-17)8-30-34(28,33-14)23-7-6-12(27)31-10(2)3/h9-11,14,17H,5-8H2,1-4H3,(H,23,28)(H2,21,24,25)/t11-,14-,17-,19-,34-/m1/s1. The van der Waals surface area contributed by atoms with Crippen LogP contribution in [0.2, 0.25) is 0 Å². The van der Waals surface area contributed by atoms with Crippen LogP contribution in [0.3, 0.4) is 0 Å². The van der Waals surface area contributed by atoms with Crippen LogP contribution in [0, 0.1) is 0 Å². The average molecular weight is 502 g/mol. The number of fused-ring (bicyclic) bond motifs is 2. The van der Waals surface area contributed by atoms with E-state index in [2.05, 4.69) is 20.0 Å². The Morgan fingerprint density at radius 1 is 1.47 bits per heavy atom. The number of nitrogens with one attached hydrogen (secondary N) is 1. The molecule has 2 saturated heterocycles. The van der Waals surface area contributed by atoms with Crippen molar-refractivity contribution in [3.05, 3.63) is 6.33 Å². The molecule has 2 aromatic rings. The van der Waals surface area contributed by atoms with Gasteiger partial charge in [0.1, 0.15) is 12.2 Å². The zero-order valence-electron chi connectivity index (χ0n) is 19.3. The number of alkyl halides is 1. The summed E-state index contributed by atoms with van der Waals surface area (Å²) in [6.07, 6.45) is -2.28. The SMILES string of the molecule is CCOc1nc(N)nc2c1ncn2[C@@H]1O[C@@H]2CO[P@](=O)(NCCC(=O)OC(C)C)O[C@H]2[C@@]1(C)F. The quantitative estimate of drug-likeness (QED) is 0.399. The van der Waals surface area contributed by atoms with Gasteiger partial charge in [0.15, 0.2) is 23.1 Å². The molecule has 2 aromatic heterocycles. The number of hydrogen-bond acceptors (Lipinski definition) is 11. The van der Waals surface area contributed by atoms with Crippen molar-refractivity contribution in [2.75, 3.05) is 25.5 Å². The number of rotatable bonds is 8. The number of carbonyl (C=O) groups is 1. The number of aromatic nitrogens is 4. The Hall–Kier alpha value is -2.38. The molecule has 4 rings (SSSR count). The van der Waals surface area contributed by atoms with Gasteiger partial charge in [-0.2, -0.15) is 9.97 Å². The molecule has 0 aliphatic carbocycles. The Morgan fingerprint density at radius 2 is 2.24 bits per heavy atom. The summed E-state index contributed by atoms with van der Waals surface area (Å²) in [7, 11) is -3.90. The van der Waals surface area contributed by atoms with E-state index in [4.69, 9.17) is 29.0 Å². The minimum atomic E-state index is -3.90. The van der Waals surface area contributed by atoms with Crippen molar-refractivity contribution < 1.29 is 37.0 Å². The van der Waals surface area contributed by atoms with E-state index in [9.17, 15) is 9.36 Å². The number of halogens is 1. The Balaban J connectivity index is 1.51. The van der Waals surface area contributed by atoms with Gasteiger partial charge in [0.05, 0.1) is 32.1 Å². The van der Waals surface area contributed by atoms with E-state index in [-0.39, 0.29) is 43.2 Å². The number of nitrogens with zero attached hydrogens (tertiary/aromatic N) is 4. The molecule has 0 saturated carbocycles. The molecule has 0 unspecified atom stereocenters. The number of anilines is 1. The number of esters is 1. The van der Waals surface area contributed by atoms with Gasteiger partial charge in [0.2, 0.25) is 11.8 Å². The molecule has 13 nitrogen and oxygen atoms in total. The zero-order valence-corrected chi connectivity index (χ0v) is 20.2. The summed E-state index contributed by atoms with van der Waals surface area (Å²) in [5.41, 5.74) is 4.16. The van der Waals surface area contributed by atoms with Gasteiger partial charge in [-0.3, -0.25) is 18.4 Å². The molecule has 4 heterocycles. The molecule has 5 atom stereocenters. The molecule has 0 spiro atoms. The lowest BCUT2D eigenvalue weighted by Gasteiger charge is -2.34. The molecule has 0 radical (unpaired) electrons. The lowest BCUT2D eigenvalue weighted by molar-refractivity contribution is -0.147. The van der Waals surface area contributed by atoms with Gasteiger partial charge in [0, 0.05) is 6.54 Å². The highest BCUT2D eigenvalue weighted by molar-refractivity contribution is 7.51. The first-order valence-electron chi connectivity index (χ1n) is 10.9. The molecule has 0 bridgehead atoms. The molecule has 3 N–H and O–H groups in total. The molecular formula is C19H28FN6O7P. The number of hydrogen-bond donors (Lipinski definition) is 2. The molecule has 188 valence electrons. The maximum atomic E-state index is 16.1. The van der Waals surface area contributed by atoms with Crippen molar-refractivity contribution in [2.45, 2.75) is 64.3 Å². The van der Waals surface area contributed by atoms with E-state index < -0.39 is 37.8 Å². The third kappa shape index (κ3) is 4.73. The molecule has 2 fully saturated rings. The number of imidazole rings is 1. The largest absolute Gasteiger partial charge is 0.476 e. The van der Waals surface area contributed by atoms with E-state index in [0.29, 0.717) is 12.1 Å². The Labute approximate surface area is 195 Å². The summed E-state index contributed by atoms with van der Waals surface area (Å²) in [4.78, 5) is 24.1. The molecule has 2 aliphatic rings. The fourth-order valence-corrected chi connectivity index (χ4v) is 5.47. The molecule has 0 aromatic carbocycles. The summed E-state index contributed by atoms with van der Waals surface area (Å²) in [5, 5.41) is 2.58. The lowest BCUT2D eigenvalue weighted by atomic mass is 9.98. The Kier molecular flexibility index (Phi) is 6.80. The highest BCUT2D eigenvalue weighted by Gasteiger charge is 2.61. The third-order valence-electron chi connectivity index (χ3n) is 5.28. The fourth-order valence-electron chi connectivity index (χ4n) is 3.88. The van der Waals surface area contributed by atoms with Gasteiger partial charge >= 0.3 is 13.7 Å². The molecule has 0 amide bonds. The van der Waals surface area contributed by atoms with Crippen LogP contribution in [-0.4, -0.2) is 69.2 Å². The lowest BCUT2D eigenvalue weighted by Crippen LogP contribution is -2.46. The average Bonchev–Trinajstić information content (AvgIpc) is 3.26. The highest BCUT2D eigenvalue weighted by Crippen LogP contribution is 2.56. The monoisotopic (exact) mass is 502 g/mol. The van der Waals surface area contributed by atoms with Crippen molar-refractivity contribution in [3.63, 3.8) is 0 Å². The van der Waals surface area contributed by atoms with Crippen LogP contribution in [0.4, 0.5) is 10.3 Å². The Bertz CT molecular complexity index is 1110. The first-order valence-corrected chi connectivity index (χ1v) is 12.4. The maximum Gasteiger partial charge on any atom is 0.406 e. The predicted molar refractivity (Wildman–Crippen MR) is 117 cm³/mol. The zero-order chi connectivity index (χ0) is 24.7. The summed E-state index contributed by atoms with van der Waals surface area (Å²) >= 11 is 0. The van der Waals surface area contributed by atoms with Gasteiger partial charge in [-0.05, 0) is 27.7 Å². The maximum absolute atomic E-state index is 16.1. The van der Waals surface area contributed by atoms with Crippen molar-refractivity contribution in [3.8, 4) is 5.88 Å². The van der Waals surface area contributed by atoms with Crippen molar-refractivity contribution in [1.29, 1.82) is 0 Å². The van der Waals surface area contributed by atoms with Crippen LogP contribution in [-0.2, 0) is 27.9 Å². The summed E-state index contributed by atoms with van der Waals surface area (Å²) < 4.78 is 57.8. The van der Waals surface area contributed by atoms with Gasteiger partial charge in [-0.25, -0.2) is 19.0 Å². The molecule has 34 heavy (non-hydrogen) atoms. The number of nitrogens with two attached hydrogens (primary N) is 1. The third-order valence-corrected chi connectivity index (χ3v) is 6.89. The van der Waals surface area contributed by atoms with Crippen molar-refractivity contribution in [2.24, 2.45) is 0 Å². The van der Waals surface area contributed by atoms with Crippen molar-refractivity contribution >= 4 is 30.8 Å². The fraction of sp³-hybridized carbons (Fsp3) is 0.684. The topological polar surface area (TPSA) is 162 Å². The van der Waals surface area contributed by atoms with E-state index in [1.165, 1.54) is 17.8 Å². The number of nitrogen functional groups attached to an aromatic ring is 1. The number of carbonyl (C=O) groups excluding carboxylic acids is 1. The second-order valence-corrected chi connectivity index (χ2v) is 10.1. The molecular weight excluding hydrogens is 474 g/mol. The van der Waals surface area contributed by atoms with E-state index in [0.717, 1.165) is 0 Å². The van der Waals surface area contributed by atoms with E-state index in [1.54, 1.807) is 20.8 Å². The highest BCUT2D eigenvalue weighted by atomic mass is 31.2. The summed E-state index contributed by atoms with van der Waals surface area (Å²) in [6, 6.07) is 0. The van der Waals surface area contributed by atoms with Crippen molar-refractivity contribution in [1.82, 2.24) is 24.6 Å². The summed E-state index contributed by atoms with van der Waals surface area (Å²) in [6.45, 7) is 6.61. The minimum Gasteiger partial charge on any atom is -0.476 e. The smallest absolute Gasteiger partial charge is 0.406 e.